The lowest BCUT2D eigenvalue weighted by Gasteiger charge is -2.10. The number of nitrogens with one attached hydrogen (secondary N) is 2. The Morgan fingerprint density at radius 2 is 1.88 bits per heavy atom. The maximum atomic E-state index is 12.0. The normalized spacial score (nSPS) is 10.3. The van der Waals surface area contributed by atoms with Crippen molar-refractivity contribution in [1.29, 1.82) is 0 Å². The maximum absolute atomic E-state index is 12.0. The summed E-state index contributed by atoms with van der Waals surface area (Å²) in [5, 5.41) is 5.86. The van der Waals surface area contributed by atoms with E-state index < -0.39 is 0 Å². The van der Waals surface area contributed by atoms with Crippen LogP contribution in [0.15, 0.2) is 42.5 Å². The molecule has 0 unspecified atom stereocenters. The molecule has 0 aliphatic carbocycles. The second kappa shape index (κ2) is 9.82. The Balaban J connectivity index is 1.72. The van der Waals surface area contributed by atoms with Gasteiger partial charge in [-0.1, -0.05) is 23.7 Å². The number of carbonyl (C=O) groups is 2. The van der Waals surface area contributed by atoms with Crippen molar-refractivity contribution in [3.8, 4) is 5.75 Å². The van der Waals surface area contributed by atoms with Crippen LogP contribution >= 0.6 is 11.6 Å². The number of aryl methyl sites for hydroxylation is 1. The van der Waals surface area contributed by atoms with Crippen LogP contribution in [0.25, 0.3) is 0 Å². The number of anilines is 2. The smallest absolute Gasteiger partial charge is 0.224 e. The number of hydrogen-bond donors (Lipinski definition) is 2. The molecule has 0 bridgehead atoms. The highest BCUT2D eigenvalue weighted by Gasteiger charge is 2.07. The number of amides is 2. The average molecular weight is 375 g/mol. The fourth-order valence-electron chi connectivity index (χ4n) is 2.39. The molecule has 0 heterocycles. The Morgan fingerprint density at radius 1 is 1.08 bits per heavy atom. The minimum absolute atomic E-state index is 0.0864. The molecule has 0 aliphatic rings. The molecule has 0 saturated heterocycles. The molecule has 0 radical (unpaired) electrons. The Labute approximate surface area is 158 Å². The molecule has 0 aromatic heterocycles. The van der Waals surface area contributed by atoms with Crippen molar-refractivity contribution >= 4 is 34.8 Å². The molecule has 138 valence electrons. The minimum atomic E-state index is -0.219. The molecule has 2 rings (SSSR count). The molecule has 0 saturated carbocycles. The van der Waals surface area contributed by atoms with Crippen molar-refractivity contribution in [1.82, 2.24) is 0 Å². The fraction of sp³-hybridized carbons (Fsp3) is 0.300. The SMILES string of the molecule is CC(=O)Nc1cc(NC(=O)CCCCOc2cccc(C)c2)ccc1Cl. The first-order valence-electron chi connectivity index (χ1n) is 8.50. The van der Waals surface area contributed by atoms with Gasteiger partial charge in [-0.25, -0.2) is 0 Å². The van der Waals surface area contributed by atoms with Gasteiger partial charge in [-0.15, -0.1) is 0 Å². The molecule has 2 aromatic rings. The molecule has 2 N–H and O–H groups in total. The van der Waals surface area contributed by atoms with Crippen LogP contribution in [0, 0.1) is 6.92 Å². The van der Waals surface area contributed by atoms with E-state index in [1.165, 1.54) is 6.92 Å². The van der Waals surface area contributed by atoms with Gasteiger partial charge in [-0.2, -0.15) is 0 Å². The third-order valence-electron chi connectivity index (χ3n) is 3.62. The van der Waals surface area contributed by atoms with Gasteiger partial charge in [0.25, 0.3) is 0 Å². The highest BCUT2D eigenvalue weighted by atomic mass is 35.5. The highest BCUT2D eigenvalue weighted by Crippen LogP contribution is 2.25. The molecular weight excluding hydrogens is 352 g/mol. The van der Waals surface area contributed by atoms with Gasteiger partial charge in [-0.3, -0.25) is 9.59 Å². The second-order valence-corrected chi connectivity index (χ2v) is 6.45. The zero-order valence-corrected chi connectivity index (χ0v) is 15.7. The zero-order valence-electron chi connectivity index (χ0n) is 15.0. The summed E-state index contributed by atoms with van der Waals surface area (Å²) in [5.74, 6) is 0.543. The zero-order chi connectivity index (χ0) is 18.9. The fourth-order valence-corrected chi connectivity index (χ4v) is 2.56. The topological polar surface area (TPSA) is 67.4 Å². The van der Waals surface area contributed by atoms with Gasteiger partial charge in [0, 0.05) is 19.0 Å². The standard InChI is InChI=1S/C20H23ClN2O3/c1-14-6-5-7-17(12-14)26-11-4-3-8-20(25)23-16-9-10-18(21)19(13-16)22-15(2)24/h5-7,9-10,12-13H,3-4,8,11H2,1-2H3,(H,22,24)(H,23,25). The summed E-state index contributed by atoms with van der Waals surface area (Å²) in [7, 11) is 0. The largest absolute Gasteiger partial charge is 0.494 e. The van der Waals surface area contributed by atoms with E-state index in [4.69, 9.17) is 16.3 Å². The first-order chi connectivity index (χ1) is 12.4. The Hall–Kier alpha value is -2.53. The molecule has 0 spiro atoms. The molecule has 0 atom stereocenters. The molecule has 0 aliphatic heterocycles. The van der Waals surface area contributed by atoms with Gasteiger partial charge in [0.05, 0.1) is 17.3 Å². The first-order valence-corrected chi connectivity index (χ1v) is 8.88. The van der Waals surface area contributed by atoms with E-state index in [1.807, 2.05) is 31.2 Å². The lowest BCUT2D eigenvalue weighted by Crippen LogP contribution is -2.12. The van der Waals surface area contributed by atoms with E-state index in [2.05, 4.69) is 10.6 Å². The number of ether oxygens (including phenoxy) is 1. The summed E-state index contributed by atoms with van der Waals surface area (Å²) in [6, 6.07) is 12.9. The van der Waals surface area contributed by atoms with Crippen molar-refractivity contribution in [3.63, 3.8) is 0 Å². The van der Waals surface area contributed by atoms with Crippen molar-refractivity contribution in [2.75, 3.05) is 17.2 Å². The Kier molecular flexibility index (Phi) is 7.48. The number of unbranched alkanes of at least 4 members (excludes halogenated alkanes) is 1. The van der Waals surface area contributed by atoms with Crippen LogP contribution in [0.1, 0.15) is 31.7 Å². The van der Waals surface area contributed by atoms with E-state index in [9.17, 15) is 9.59 Å². The Morgan fingerprint density at radius 3 is 2.62 bits per heavy atom. The second-order valence-electron chi connectivity index (χ2n) is 6.05. The maximum Gasteiger partial charge on any atom is 0.224 e. The number of carbonyl (C=O) groups excluding carboxylic acids is 2. The highest BCUT2D eigenvalue weighted by molar-refractivity contribution is 6.33. The van der Waals surface area contributed by atoms with Crippen LogP contribution in [0.2, 0.25) is 5.02 Å². The summed E-state index contributed by atoms with van der Waals surface area (Å²) in [5.41, 5.74) is 2.23. The van der Waals surface area contributed by atoms with Gasteiger partial charge in [0.15, 0.2) is 0 Å². The number of benzene rings is 2. The summed E-state index contributed by atoms with van der Waals surface area (Å²) in [4.78, 5) is 23.2. The molecular formula is C20H23ClN2O3. The van der Waals surface area contributed by atoms with Crippen LogP contribution in [0.3, 0.4) is 0 Å². The van der Waals surface area contributed by atoms with Crippen molar-refractivity contribution in [3.05, 3.63) is 53.1 Å². The Bertz CT molecular complexity index is 777. The summed E-state index contributed by atoms with van der Waals surface area (Å²) >= 11 is 6.01. The molecule has 26 heavy (non-hydrogen) atoms. The van der Waals surface area contributed by atoms with Crippen LogP contribution in [-0.4, -0.2) is 18.4 Å². The monoisotopic (exact) mass is 374 g/mol. The van der Waals surface area contributed by atoms with Gasteiger partial charge < -0.3 is 15.4 Å². The quantitative estimate of drug-likeness (QED) is 0.652. The van der Waals surface area contributed by atoms with Gasteiger partial charge in [0.1, 0.15) is 5.75 Å². The van der Waals surface area contributed by atoms with Crippen LogP contribution in [0.4, 0.5) is 11.4 Å². The van der Waals surface area contributed by atoms with Crippen LogP contribution in [-0.2, 0) is 9.59 Å². The van der Waals surface area contributed by atoms with E-state index in [0.717, 1.165) is 24.2 Å². The number of rotatable bonds is 8. The van der Waals surface area contributed by atoms with Gasteiger partial charge in [-0.05, 0) is 55.7 Å². The van der Waals surface area contributed by atoms with E-state index in [0.29, 0.717) is 29.4 Å². The molecule has 5 nitrogen and oxygen atoms in total. The molecule has 2 amide bonds. The minimum Gasteiger partial charge on any atom is -0.494 e. The van der Waals surface area contributed by atoms with Crippen molar-refractivity contribution in [2.24, 2.45) is 0 Å². The molecule has 2 aromatic carbocycles. The molecule has 6 heteroatoms. The number of halogens is 1. The molecule has 0 fully saturated rings. The van der Waals surface area contributed by atoms with Gasteiger partial charge in [0.2, 0.25) is 11.8 Å². The summed E-state index contributed by atoms with van der Waals surface area (Å²) in [6.07, 6.45) is 1.91. The summed E-state index contributed by atoms with van der Waals surface area (Å²) in [6.45, 7) is 4.00. The predicted octanol–water partition coefficient (Wildman–Crippen LogP) is 4.79. The van der Waals surface area contributed by atoms with E-state index in [1.54, 1.807) is 18.2 Å². The predicted molar refractivity (Wildman–Crippen MR) is 105 cm³/mol. The third kappa shape index (κ3) is 6.76. The van der Waals surface area contributed by atoms with Crippen LogP contribution in [0.5, 0.6) is 5.75 Å². The van der Waals surface area contributed by atoms with E-state index >= 15 is 0 Å². The average Bonchev–Trinajstić information content (AvgIpc) is 2.57. The number of hydrogen-bond acceptors (Lipinski definition) is 3. The van der Waals surface area contributed by atoms with Crippen LogP contribution < -0.4 is 15.4 Å². The first kappa shape index (κ1) is 19.8. The van der Waals surface area contributed by atoms with Crippen molar-refractivity contribution in [2.45, 2.75) is 33.1 Å². The lowest BCUT2D eigenvalue weighted by atomic mass is 10.2. The van der Waals surface area contributed by atoms with Gasteiger partial charge >= 0.3 is 0 Å². The lowest BCUT2D eigenvalue weighted by molar-refractivity contribution is -0.116. The summed E-state index contributed by atoms with van der Waals surface area (Å²) < 4.78 is 5.67. The third-order valence-corrected chi connectivity index (χ3v) is 3.95. The van der Waals surface area contributed by atoms with E-state index in [-0.39, 0.29) is 11.8 Å². The van der Waals surface area contributed by atoms with Crippen molar-refractivity contribution < 1.29 is 14.3 Å².